The number of halogens is 38. The van der Waals surface area contributed by atoms with Gasteiger partial charge in [0.2, 0.25) is 0 Å². The molecule has 0 heterocycles. The lowest BCUT2D eigenvalue weighted by atomic mass is 10.9. The summed E-state index contributed by atoms with van der Waals surface area (Å²) in [5, 5.41) is 11.3. The van der Waals surface area contributed by atoms with Gasteiger partial charge in [-0.05, 0) is 6.92 Å². The third-order valence-electron chi connectivity index (χ3n) is 0. The highest BCUT2D eigenvalue weighted by molar-refractivity contribution is 6.45. The van der Waals surface area contributed by atoms with Crippen LogP contribution in [0.15, 0.2) is 0 Å². The maximum Gasteiger partial charge on any atom is 0.0967 e. The Kier molecular flexibility index (Phi) is 773. The Hall–Kier alpha value is 11.0. The van der Waals surface area contributed by atoms with E-state index >= 15 is 0 Å². The van der Waals surface area contributed by atoms with Crippen LogP contribution in [0, 0.1) is 0 Å². The molecule has 400 valence electrons. The molecule has 60 heavy (non-hydrogen) atoms. The molecule has 0 saturated heterocycles. The van der Waals surface area contributed by atoms with Crippen molar-refractivity contribution in [1.82, 2.24) is 0 Å². The number of alkyl halides is 38. The molecular weight excluding hydrogens is 1620 g/mol. The van der Waals surface area contributed by atoms with Crippen molar-refractivity contribution in [3.63, 3.8) is 0 Å². The third kappa shape index (κ3) is 2640. The van der Waals surface area contributed by atoms with Gasteiger partial charge in [-0.2, -0.15) is 0 Å². The standard InChI is InChI=1S/C2H6O.19CH2Cl2/c1-2-3;19*2-1-3/h3H,2H2,1H3;19*1H2. The predicted octanol–water partition coefficient (Wildman–Crippen LogP) is 27.0. The quantitative estimate of drug-likeness (QED) is 0.240. The Morgan fingerprint density at radius 3 is 0.150 bits per heavy atom. The highest BCUT2D eigenvalue weighted by atomic mass is 35.6. The summed E-state index contributed by atoms with van der Waals surface area (Å²) in [7, 11) is 0. The number of aliphatic hydroxyl groups is 1. The molecule has 0 rings (SSSR count). The summed E-state index contributed by atoms with van der Waals surface area (Å²) in [6, 6.07) is 0. The van der Waals surface area contributed by atoms with Crippen molar-refractivity contribution in [2.75, 3.05) is 108 Å². The molecule has 0 aromatic carbocycles. The molecular formula is C21H44Cl38O. The van der Waals surface area contributed by atoms with Crippen LogP contribution < -0.4 is 0 Å². The first-order valence-electron chi connectivity index (χ1n) is 11.2. The Morgan fingerprint density at radius 2 is 0.150 bits per heavy atom. The van der Waals surface area contributed by atoms with Crippen LogP contribution in [0.1, 0.15) is 6.92 Å². The van der Waals surface area contributed by atoms with E-state index in [4.69, 9.17) is 446 Å². The molecule has 0 aliphatic heterocycles. The molecule has 0 saturated carbocycles. The summed E-state index contributed by atoms with van der Waals surface area (Å²) < 4.78 is 0. The first kappa shape index (κ1) is 134. The van der Waals surface area contributed by atoms with E-state index in [0.717, 1.165) is 0 Å². The van der Waals surface area contributed by atoms with E-state index < -0.39 is 0 Å². The zero-order valence-corrected chi connectivity index (χ0v) is 58.7. The lowest BCUT2D eigenvalue weighted by molar-refractivity contribution is 0.318. The first-order chi connectivity index (χ1) is 28.3. The van der Waals surface area contributed by atoms with Crippen LogP contribution in [0.5, 0.6) is 0 Å². The molecule has 0 aliphatic rings. The van der Waals surface area contributed by atoms with E-state index in [9.17, 15) is 0 Å². The number of hydrogen-bond acceptors (Lipinski definition) is 1. The van der Waals surface area contributed by atoms with Gasteiger partial charge < -0.3 is 5.11 Å². The Balaban J connectivity index is -0.0000000156. The highest BCUT2D eigenvalue weighted by Crippen LogP contribution is 1.78. The van der Waals surface area contributed by atoms with Gasteiger partial charge in [-0.15, -0.1) is 441 Å². The Labute approximate surface area is 551 Å². The van der Waals surface area contributed by atoms with Crippen LogP contribution in [0.25, 0.3) is 0 Å². The van der Waals surface area contributed by atoms with Crippen LogP contribution in [0.2, 0.25) is 0 Å². The maximum atomic E-state index is 7.57. The minimum atomic E-state index is 0.194. The minimum absolute atomic E-state index is 0.194. The zero-order chi connectivity index (χ0) is 54.1. The maximum absolute atomic E-state index is 7.57. The predicted molar refractivity (Wildman–Crippen MR) is 328 cm³/mol. The summed E-state index contributed by atoms with van der Waals surface area (Å²) in [4.78, 5) is 0. The number of hydrogen-bond donors (Lipinski definition) is 1. The number of rotatable bonds is 0. The average Bonchev–Trinajstić information content (AvgIpc) is 3.12. The second-order valence-electron chi connectivity index (χ2n) is 2.24. The van der Waals surface area contributed by atoms with Crippen molar-refractivity contribution in [1.29, 1.82) is 0 Å². The number of aliphatic hydroxyl groups excluding tert-OH is 1. The van der Waals surface area contributed by atoms with E-state index in [1.54, 1.807) is 6.92 Å². The van der Waals surface area contributed by atoms with Crippen LogP contribution in [-0.4, -0.2) is 113 Å². The Morgan fingerprint density at radius 1 is 0.150 bits per heavy atom. The van der Waals surface area contributed by atoms with Crippen molar-refractivity contribution < 1.29 is 5.11 Å². The van der Waals surface area contributed by atoms with Crippen LogP contribution in [-0.2, 0) is 0 Å². The molecule has 0 fully saturated rings. The molecule has 0 bridgehead atoms. The summed E-state index contributed by atoms with van der Waals surface area (Å²) in [5.41, 5.74) is 0. The fourth-order valence-electron chi connectivity index (χ4n) is 0. The molecule has 1 nitrogen and oxygen atoms in total. The lowest BCUT2D eigenvalue weighted by Gasteiger charge is -1.52. The van der Waals surface area contributed by atoms with Crippen LogP contribution >= 0.6 is 441 Å². The van der Waals surface area contributed by atoms with E-state index in [0.29, 0.717) is 0 Å². The monoisotopic (exact) mass is 1640 g/mol. The summed E-state index contributed by atoms with van der Waals surface area (Å²) in [6.07, 6.45) is 0. The van der Waals surface area contributed by atoms with Gasteiger partial charge in [0.1, 0.15) is 0 Å². The van der Waals surface area contributed by atoms with E-state index in [2.05, 4.69) is 0 Å². The third-order valence-corrected chi connectivity index (χ3v) is 0. The lowest BCUT2D eigenvalue weighted by Crippen LogP contribution is -1.57. The first-order valence-corrected chi connectivity index (χ1v) is 31.5. The van der Waals surface area contributed by atoms with Crippen LogP contribution in [0.3, 0.4) is 0 Å². The minimum Gasteiger partial charge on any atom is -0.397 e. The van der Waals surface area contributed by atoms with Gasteiger partial charge in [0, 0.05) is 6.61 Å². The molecule has 0 radical (unpaired) electrons. The average molecular weight is 1660 g/mol. The second-order valence-corrected chi connectivity index (χ2v) is 17.6. The Bertz CT molecular complexity index is 149. The highest BCUT2D eigenvalue weighted by Gasteiger charge is 1.47. The van der Waals surface area contributed by atoms with Gasteiger partial charge in [0.25, 0.3) is 0 Å². The van der Waals surface area contributed by atoms with Crippen molar-refractivity contribution in [2.45, 2.75) is 6.92 Å². The fraction of sp³-hybridized carbons (Fsp3) is 1.00. The molecule has 0 atom stereocenters. The van der Waals surface area contributed by atoms with Gasteiger partial charge in [-0.1, -0.05) is 0 Å². The molecule has 39 heteroatoms. The molecule has 1 N–H and O–H groups in total. The molecule has 0 amide bonds. The molecule has 0 aromatic rings. The van der Waals surface area contributed by atoms with Gasteiger partial charge >= 0.3 is 0 Å². The second kappa shape index (κ2) is 347. The molecule has 0 unspecified atom stereocenters. The molecule has 0 aromatic heterocycles. The fourth-order valence-corrected chi connectivity index (χ4v) is 0. The van der Waals surface area contributed by atoms with Crippen molar-refractivity contribution in [3.8, 4) is 0 Å². The van der Waals surface area contributed by atoms with Crippen LogP contribution in [0.4, 0.5) is 0 Å². The SMILES string of the molecule is CCO.ClCCl.ClCCl.ClCCl.ClCCl.ClCCl.ClCCl.ClCCl.ClCCl.ClCCl.ClCCl.ClCCl.ClCCl.ClCCl.ClCCl.ClCCl.ClCCl.ClCCl.ClCCl.ClCCl. The normalized spacial score (nSPS) is 6.00. The summed E-state index contributed by atoms with van der Waals surface area (Å²) in [5.74, 6) is 0. The van der Waals surface area contributed by atoms with E-state index in [1.807, 2.05) is 0 Å². The van der Waals surface area contributed by atoms with Crippen molar-refractivity contribution in [2.24, 2.45) is 0 Å². The van der Waals surface area contributed by atoms with Gasteiger partial charge in [-0.25, -0.2) is 0 Å². The van der Waals surface area contributed by atoms with Gasteiger partial charge in [0.15, 0.2) is 0 Å². The smallest absolute Gasteiger partial charge is 0.0967 e. The molecule has 0 spiro atoms. The summed E-state index contributed by atoms with van der Waals surface area (Å²) >= 11 is 181. The van der Waals surface area contributed by atoms with Crippen molar-refractivity contribution in [3.05, 3.63) is 0 Å². The molecule has 0 aliphatic carbocycles. The van der Waals surface area contributed by atoms with Gasteiger partial charge in [0.05, 0.1) is 101 Å². The van der Waals surface area contributed by atoms with E-state index in [-0.39, 0.29) is 108 Å². The zero-order valence-electron chi connectivity index (χ0n) is 30.0. The van der Waals surface area contributed by atoms with Crippen molar-refractivity contribution >= 4 is 441 Å². The van der Waals surface area contributed by atoms with Gasteiger partial charge in [-0.3, -0.25) is 0 Å². The topological polar surface area (TPSA) is 20.2 Å². The summed E-state index contributed by atoms with van der Waals surface area (Å²) in [6.45, 7) is 1.93. The van der Waals surface area contributed by atoms with E-state index in [1.165, 1.54) is 0 Å². The largest absolute Gasteiger partial charge is 0.397 e.